The van der Waals surface area contributed by atoms with Gasteiger partial charge in [0.15, 0.2) is 0 Å². The van der Waals surface area contributed by atoms with Crippen LogP contribution in [0.3, 0.4) is 0 Å². The van der Waals surface area contributed by atoms with E-state index in [-0.39, 0.29) is 12.0 Å². The molecular formula is C10H17N5O2S. The molecule has 1 fully saturated rings. The molecular weight excluding hydrogens is 254 g/mol. The number of carbonyl (C=O) groups is 1. The molecule has 1 amide bonds. The predicted octanol–water partition coefficient (Wildman–Crippen LogP) is -0.842. The maximum atomic E-state index is 11.7. The predicted molar refractivity (Wildman–Crippen MR) is 68.3 cm³/mol. The summed E-state index contributed by atoms with van der Waals surface area (Å²) in [6.45, 7) is 2.58. The number of ether oxygens (including phenoxy) is 1. The van der Waals surface area contributed by atoms with E-state index in [1.807, 2.05) is 0 Å². The Hall–Kier alpha value is -1.25. The summed E-state index contributed by atoms with van der Waals surface area (Å²) in [5.74, 6) is -0.0565. The first-order valence-electron chi connectivity index (χ1n) is 5.93. The number of carbonyl (C=O) groups excluding carboxylic acids is 1. The zero-order valence-electron chi connectivity index (χ0n) is 10.0. The molecule has 0 aliphatic carbocycles. The van der Waals surface area contributed by atoms with Gasteiger partial charge in [0.05, 0.1) is 6.61 Å². The third kappa shape index (κ3) is 3.90. The molecule has 0 spiro atoms. The molecule has 2 heterocycles. The monoisotopic (exact) mass is 271 g/mol. The molecule has 1 aliphatic rings. The van der Waals surface area contributed by atoms with Crippen LogP contribution in [-0.4, -0.2) is 48.4 Å². The standard InChI is InChI=1S/C10H17N5O2S/c11-10-15-14-8(18-10)2-1-3-13-9(16)7-6-12-4-5-17-7/h7,12H,1-6H2,(H2,11,15)(H,13,16). The molecule has 0 aromatic carbocycles. The first kappa shape index (κ1) is 13.2. The molecule has 0 radical (unpaired) electrons. The molecule has 100 valence electrons. The van der Waals surface area contributed by atoms with E-state index < -0.39 is 0 Å². The number of aromatic nitrogens is 2. The molecule has 7 nitrogen and oxygen atoms in total. The van der Waals surface area contributed by atoms with Crippen molar-refractivity contribution in [3.8, 4) is 0 Å². The van der Waals surface area contributed by atoms with Crippen molar-refractivity contribution in [2.75, 3.05) is 32.0 Å². The van der Waals surface area contributed by atoms with Crippen molar-refractivity contribution in [1.82, 2.24) is 20.8 Å². The average molecular weight is 271 g/mol. The molecule has 8 heteroatoms. The highest BCUT2D eigenvalue weighted by molar-refractivity contribution is 7.15. The molecule has 1 aromatic heterocycles. The SMILES string of the molecule is Nc1nnc(CCCNC(=O)C2CNCCO2)s1. The van der Waals surface area contributed by atoms with Gasteiger partial charge in [-0.3, -0.25) is 4.79 Å². The Morgan fingerprint density at radius 2 is 2.50 bits per heavy atom. The normalized spacial score (nSPS) is 19.7. The number of amides is 1. The number of nitrogens with one attached hydrogen (secondary N) is 2. The van der Waals surface area contributed by atoms with Gasteiger partial charge >= 0.3 is 0 Å². The molecule has 1 aliphatic heterocycles. The van der Waals surface area contributed by atoms with Crippen LogP contribution < -0.4 is 16.4 Å². The van der Waals surface area contributed by atoms with Crippen LogP contribution in [0.25, 0.3) is 0 Å². The van der Waals surface area contributed by atoms with Crippen LogP contribution in [0.4, 0.5) is 5.13 Å². The molecule has 1 saturated heterocycles. The van der Waals surface area contributed by atoms with Crippen molar-refractivity contribution in [3.05, 3.63) is 5.01 Å². The third-order valence-corrected chi connectivity index (χ3v) is 3.38. The van der Waals surface area contributed by atoms with Gasteiger partial charge in [0.25, 0.3) is 0 Å². The van der Waals surface area contributed by atoms with E-state index in [1.54, 1.807) is 0 Å². The fourth-order valence-corrected chi connectivity index (χ4v) is 2.32. The van der Waals surface area contributed by atoms with Crippen LogP contribution >= 0.6 is 11.3 Å². The minimum Gasteiger partial charge on any atom is -0.374 e. The van der Waals surface area contributed by atoms with Gasteiger partial charge in [0.2, 0.25) is 11.0 Å². The second-order valence-electron chi connectivity index (χ2n) is 3.99. The summed E-state index contributed by atoms with van der Waals surface area (Å²) < 4.78 is 5.35. The van der Waals surface area contributed by atoms with Crippen molar-refractivity contribution in [1.29, 1.82) is 0 Å². The highest BCUT2D eigenvalue weighted by Gasteiger charge is 2.20. The zero-order valence-corrected chi connectivity index (χ0v) is 10.8. The lowest BCUT2D eigenvalue weighted by Gasteiger charge is -2.22. The Morgan fingerprint density at radius 3 is 3.17 bits per heavy atom. The molecule has 1 atom stereocenters. The number of nitrogen functional groups attached to an aromatic ring is 1. The number of morpholine rings is 1. The number of hydrogen-bond donors (Lipinski definition) is 3. The van der Waals surface area contributed by atoms with E-state index in [2.05, 4.69) is 20.8 Å². The molecule has 1 unspecified atom stereocenters. The quantitative estimate of drug-likeness (QED) is 0.603. The van der Waals surface area contributed by atoms with Crippen LogP contribution in [0.2, 0.25) is 0 Å². The maximum Gasteiger partial charge on any atom is 0.250 e. The zero-order chi connectivity index (χ0) is 12.8. The van der Waals surface area contributed by atoms with Gasteiger partial charge in [-0.2, -0.15) is 0 Å². The molecule has 0 saturated carbocycles. The van der Waals surface area contributed by atoms with Crippen LogP contribution in [0.1, 0.15) is 11.4 Å². The van der Waals surface area contributed by atoms with Crippen molar-refractivity contribution in [2.24, 2.45) is 0 Å². The van der Waals surface area contributed by atoms with Gasteiger partial charge in [0, 0.05) is 26.1 Å². The van der Waals surface area contributed by atoms with Gasteiger partial charge in [-0.05, 0) is 6.42 Å². The first-order chi connectivity index (χ1) is 8.75. The van der Waals surface area contributed by atoms with Crippen LogP contribution in [0.15, 0.2) is 0 Å². The molecule has 18 heavy (non-hydrogen) atoms. The second-order valence-corrected chi connectivity index (χ2v) is 5.09. The van der Waals surface area contributed by atoms with E-state index in [9.17, 15) is 4.79 Å². The van der Waals surface area contributed by atoms with Crippen LogP contribution in [0.5, 0.6) is 0 Å². The number of nitrogens with zero attached hydrogens (tertiary/aromatic N) is 2. The smallest absolute Gasteiger partial charge is 0.250 e. The lowest BCUT2D eigenvalue weighted by atomic mass is 10.2. The summed E-state index contributed by atoms with van der Waals surface area (Å²) in [6.07, 6.45) is 1.23. The summed E-state index contributed by atoms with van der Waals surface area (Å²) in [4.78, 5) is 11.7. The molecule has 0 bridgehead atoms. The number of hydrogen-bond acceptors (Lipinski definition) is 7. The topological polar surface area (TPSA) is 102 Å². The summed E-state index contributed by atoms with van der Waals surface area (Å²) in [6, 6.07) is 0. The van der Waals surface area contributed by atoms with Crippen molar-refractivity contribution < 1.29 is 9.53 Å². The van der Waals surface area contributed by atoms with Crippen molar-refractivity contribution in [3.63, 3.8) is 0 Å². The summed E-state index contributed by atoms with van der Waals surface area (Å²) in [5.41, 5.74) is 5.48. The van der Waals surface area contributed by atoms with E-state index in [0.717, 1.165) is 24.4 Å². The van der Waals surface area contributed by atoms with E-state index in [0.29, 0.717) is 24.8 Å². The van der Waals surface area contributed by atoms with Crippen LogP contribution in [-0.2, 0) is 16.0 Å². The molecule has 2 rings (SSSR count). The first-order valence-corrected chi connectivity index (χ1v) is 6.75. The fraction of sp³-hybridized carbons (Fsp3) is 0.700. The second kappa shape index (κ2) is 6.62. The molecule has 4 N–H and O–H groups in total. The lowest BCUT2D eigenvalue weighted by Crippen LogP contribution is -2.48. The van der Waals surface area contributed by atoms with Gasteiger partial charge in [-0.1, -0.05) is 11.3 Å². The van der Waals surface area contributed by atoms with Crippen LogP contribution in [0, 0.1) is 0 Å². The Morgan fingerprint density at radius 1 is 1.61 bits per heavy atom. The van der Waals surface area contributed by atoms with E-state index in [4.69, 9.17) is 10.5 Å². The summed E-state index contributed by atoms with van der Waals surface area (Å²) in [5, 5.41) is 15.0. The van der Waals surface area contributed by atoms with Gasteiger partial charge < -0.3 is 21.1 Å². The summed E-state index contributed by atoms with van der Waals surface area (Å²) in [7, 11) is 0. The highest BCUT2D eigenvalue weighted by Crippen LogP contribution is 2.12. The van der Waals surface area contributed by atoms with Crippen molar-refractivity contribution >= 4 is 22.4 Å². The highest BCUT2D eigenvalue weighted by atomic mass is 32.1. The van der Waals surface area contributed by atoms with Gasteiger partial charge in [-0.25, -0.2) is 0 Å². The van der Waals surface area contributed by atoms with Gasteiger partial charge in [0.1, 0.15) is 11.1 Å². The number of aryl methyl sites for hydroxylation is 1. The minimum atomic E-state index is -0.365. The Labute approximate surface area is 109 Å². The molecule has 1 aromatic rings. The fourth-order valence-electron chi connectivity index (χ4n) is 1.67. The Kier molecular flexibility index (Phi) is 4.85. The Balaban J connectivity index is 1.61. The summed E-state index contributed by atoms with van der Waals surface area (Å²) >= 11 is 1.38. The van der Waals surface area contributed by atoms with E-state index in [1.165, 1.54) is 11.3 Å². The average Bonchev–Trinajstić information content (AvgIpc) is 2.81. The van der Waals surface area contributed by atoms with Crippen molar-refractivity contribution in [2.45, 2.75) is 18.9 Å². The van der Waals surface area contributed by atoms with E-state index >= 15 is 0 Å². The lowest BCUT2D eigenvalue weighted by molar-refractivity contribution is -0.134. The minimum absolute atomic E-state index is 0.0565. The number of rotatable bonds is 5. The largest absolute Gasteiger partial charge is 0.374 e. The number of nitrogens with two attached hydrogens (primary N) is 1. The number of anilines is 1. The Bertz CT molecular complexity index is 391. The maximum absolute atomic E-state index is 11.7. The third-order valence-electron chi connectivity index (χ3n) is 2.57. The van der Waals surface area contributed by atoms with Gasteiger partial charge in [-0.15, -0.1) is 10.2 Å².